The Kier molecular flexibility index (Phi) is 6.00. The van der Waals surface area contributed by atoms with E-state index in [9.17, 15) is 0 Å². The Bertz CT molecular complexity index is 1250. The van der Waals surface area contributed by atoms with Crippen LogP contribution in [0, 0.1) is 0 Å². The van der Waals surface area contributed by atoms with E-state index in [0.29, 0.717) is 0 Å². The topological polar surface area (TPSA) is 18.5 Å². The predicted octanol–water partition coefficient (Wildman–Crippen LogP) is 10.9. The van der Waals surface area contributed by atoms with Gasteiger partial charge in [-0.25, -0.2) is 0 Å². The molecule has 196 valence electrons. The Labute approximate surface area is 236 Å². The van der Waals surface area contributed by atoms with Crippen molar-refractivity contribution in [2.75, 3.05) is 18.5 Å². The van der Waals surface area contributed by atoms with Crippen LogP contribution in [0.2, 0.25) is 0 Å². The molecule has 0 amide bonds. The van der Waals surface area contributed by atoms with E-state index in [1.54, 1.807) is 0 Å². The average Bonchev–Trinajstić information content (AvgIpc) is 3.73. The van der Waals surface area contributed by atoms with E-state index in [-0.39, 0.29) is 0 Å². The molecule has 0 atom stereocenters. The zero-order chi connectivity index (χ0) is 25.3. The van der Waals surface area contributed by atoms with Gasteiger partial charge in [0.2, 0.25) is 0 Å². The third-order valence-corrected chi connectivity index (χ3v) is 18.3. The first-order valence-electron chi connectivity index (χ1n) is 13.8. The summed E-state index contributed by atoms with van der Waals surface area (Å²) in [5.41, 5.74) is 4.18. The van der Waals surface area contributed by atoms with Crippen LogP contribution >= 0.6 is 52.4 Å². The van der Waals surface area contributed by atoms with Crippen molar-refractivity contribution in [3.63, 3.8) is 0 Å². The molecule has 1 fully saturated rings. The summed E-state index contributed by atoms with van der Waals surface area (Å²) in [5.74, 6) is 0. The molecule has 7 heteroatoms. The summed E-state index contributed by atoms with van der Waals surface area (Å²) in [6.07, 6.45) is 10.2. The molecule has 0 aromatic carbocycles. The third kappa shape index (κ3) is 3.07. The van der Waals surface area contributed by atoms with E-state index in [4.69, 9.17) is 9.05 Å². The molecule has 5 heterocycles. The second-order valence-electron chi connectivity index (χ2n) is 10.9. The van der Waals surface area contributed by atoms with Gasteiger partial charge in [0.05, 0.1) is 0 Å². The predicted molar refractivity (Wildman–Crippen MR) is 165 cm³/mol. The Morgan fingerprint density at radius 1 is 0.541 bits per heavy atom. The van der Waals surface area contributed by atoms with Crippen molar-refractivity contribution in [2.24, 2.45) is 0 Å². The maximum absolute atomic E-state index is 8.18. The van der Waals surface area contributed by atoms with Gasteiger partial charge in [-0.2, -0.15) is 0 Å². The molecule has 0 bridgehead atoms. The minimum atomic E-state index is -3.09. The van der Waals surface area contributed by atoms with E-state index < -0.39 is 18.3 Å². The van der Waals surface area contributed by atoms with E-state index in [1.807, 2.05) is 45.3 Å². The van der Waals surface area contributed by atoms with Crippen LogP contribution in [0.3, 0.4) is 0 Å². The van der Waals surface area contributed by atoms with Gasteiger partial charge in [0.15, 0.2) is 0 Å². The molecule has 2 nitrogen and oxygen atoms in total. The monoisotopic (exact) mass is 586 g/mol. The van der Waals surface area contributed by atoms with Crippen LogP contribution in [0.25, 0.3) is 19.5 Å². The van der Waals surface area contributed by atoms with Gasteiger partial charge in [0, 0.05) is 0 Å². The normalized spacial score (nSPS) is 21.5. The van der Waals surface area contributed by atoms with Gasteiger partial charge in [-0.05, 0) is 0 Å². The fourth-order valence-corrected chi connectivity index (χ4v) is 17.8. The summed E-state index contributed by atoms with van der Waals surface area (Å²) in [6.45, 7) is 6.96. The molecule has 1 saturated heterocycles. The Morgan fingerprint density at radius 2 is 0.838 bits per heavy atom. The molecule has 0 saturated carbocycles. The molecule has 1 aliphatic heterocycles. The quantitative estimate of drug-likeness (QED) is 0.182. The number of hydrogen-bond donors (Lipinski definition) is 0. The molecule has 2 aliphatic carbocycles. The van der Waals surface area contributed by atoms with Crippen molar-refractivity contribution in [1.29, 1.82) is 0 Å². The first kappa shape index (κ1) is 25.1. The molecule has 4 aromatic heterocycles. The van der Waals surface area contributed by atoms with Crippen LogP contribution < -0.4 is 0 Å². The van der Waals surface area contributed by atoms with Crippen LogP contribution in [-0.4, -0.2) is 18.5 Å². The zero-order valence-electron chi connectivity index (χ0n) is 21.9. The maximum atomic E-state index is 8.18. The molecule has 0 unspecified atom stereocenters. The van der Waals surface area contributed by atoms with Gasteiger partial charge in [-0.1, -0.05) is 0 Å². The second-order valence-corrected chi connectivity index (χ2v) is 19.4. The van der Waals surface area contributed by atoms with Crippen LogP contribution in [0.4, 0.5) is 0 Å². The Morgan fingerprint density at radius 3 is 1.11 bits per heavy atom. The minimum absolute atomic E-state index is 0.618. The summed E-state index contributed by atoms with van der Waals surface area (Å²) < 4.78 is 16.4. The van der Waals surface area contributed by atoms with Crippen molar-refractivity contribution < 1.29 is 9.05 Å². The molecule has 37 heavy (non-hydrogen) atoms. The van der Waals surface area contributed by atoms with Gasteiger partial charge in [-0.15, -0.1) is 0 Å². The van der Waals surface area contributed by atoms with Crippen molar-refractivity contribution in [3.05, 3.63) is 68.0 Å². The molecule has 4 aromatic rings. The summed E-state index contributed by atoms with van der Waals surface area (Å²) >= 11 is 7.50. The average molecular weight is 587 g/mol. The zero-order valence-corrected chi connectivity index (χ0v) is 26.0. The molecular weight excluding hydrogens is 552 g/mol. The van der Waals surface area contributed by atoms with Crippen LogP contribution in [0.1, 0.15) is 81.5 Å². The van der Waals surface area contributed by atoms with Gasteiger partial charge < -0.3 is 0 Å². The summed E-state index contributed by atoms with van der Waals surface area (Å²) in [6, 6.07) is 9.46. The van der Waals surface area contributed by atoms with E-state index >= 15 is 0 Å². The second kappa shape index (κ2) is 8.83. The molecule has 3 aliphatic rings. The van der Waals surface area contributed by atoms with Crippen molar-refractivity contribution in [3.8, 4) is 19.5 Å². The molecule has 0 radical (unpaired) electrons. The molecule has 2 spiro atoms. The van der Waals surface area contributed by atoms with E-state index in [2.05, 4.69) is 66.6 Å². The first-order valence-corrected chi connectivity index (χ1v) is 20.0. The van der Waals surface area contributed by atoms with Crippen molar-refractivity contribution in [2.45, 2.75) is 70.5 Å². The molecule has 0 N–H and O–H groups in total. The molecule has 7 rings (SSSR count). The van der Waals surface area contributed by atoms with Crippen LogP contribution in [0.5, 0.6) is 0 Å². The first-order chi connectivity index (χ1) is 18.1. The Balaban J connectivity index is 1.60. The third-order valence-electron chi connectivity index (χ3n) is 8.85. The summed E-state index contributed by atoms with van der Waals surface area (Å²) in [4.78, 5) is 5.59. The number of unbranched alkanes of at least 4 members (excludes halogenated alkanes) is 3. The van der Waals surface area contributed by atoms with Gasteiger partial charge in [0.1, 0.15) is 0 Å². The molecular formula is C30H35O2PS4. The number of fused-ring (bicyclic) bond motifs is 11. The van der Waals surface area contributed by atoms with Crippen LogP contribution in [0.15, 0.2) is 45.8 Å². The van der Waals surface area contributed by atoms with Crippen molar-refractivity contribution in [1.82, 2.24) is 0 Å². The van der Waals surface area contributed by atoms with Gasteiger partial charge in [-0.3, -0.25) is 0 Å². The van der Waals surface area contributed by atoms with Gasteiger partial charge >= 0.3 is 238 Å². The fourth-order valence-electron chi connectivity index (χ4n) is 7.28. The SMILES string of the molecule is CCCCP1(CCCC)(CCCC)OC2(c3ccsc3-c3sccc32)C2(O1)c1ccsc1-c1sccc12. The standard InChI is InChI=1S/C30H35O2PS4/c1-4-7-14-33(15-8-5-2,16-9-6-3)31-29(21-10-17-34-25(21)26-22(29)11-18-35-26)30(32-33)23-12-19-36-27(23)28-24(30)13-20-37-28/h10-13,17-20H,4-9,14-16H2,1-3H3. The summed E-state index contributed by atoms with van der Waals surface area (Å²) in [5, 5.41) is 9.12. The van der Waals surface area contributed by atoms with E-state index in [1.165, 1.54) is 61.0 Å². The van der Waals surface area contributed by atoms with Crippen LogP contribution in [-0.2, 0) is 20.2 Å². The van der Waals surface area contributed by atoms with Gasteiger partial charge in [0.25, 0.3) is 0 Å². The summed E-state index contributed by atoms with van der Waals surface area (Å²) in [7, 11) is -3.09. The van der Waals surface area contributed by atoms with Crippen molar-refractivity contribution >= 4 is 52.4 Å². The Hall–Kier alpha value is -0.850. The number of rotatable bonds is 9. The number of hydrogen-bond acceptors (Lipinski definition) is 6. The fraction of sp³-hybridized carbons (Fsp3) is 0.467. The van der Waals surface area contributed by atoms with E-state index in [0.717, 1.165) is 37.7 Å². The number of thiophene rings is 4.